The van der Waals surface area contributed by atoms with Gasteiger partial charge in [-0.15, -0.1) is 5.10 Å². The van der Waals surface area contributed by atoms with Gasteiger partial charge < -0.3 is 9.88 Å². The zero-order chi connectivity index (χ0) is 23.9. The lowest BCUT2D eigenvalue weighted by Gasteiger charge is -2.28. The highest BCUT2D eigenvalue weighted by Gasteiger charge is 2.25. The molecule has 5 aromatic rings. The maximum atomic E-state index is 5.20. The number of anilines is 1. The van der Waals surface area contributed by atoms with Crippen LogP contribution in [0.4, 0.5) is 5.69 Å². The second-order valence-electron chi connectivity index (χ2n) is 10.1. The third-order valence-corrected chi connectivity index (χ3v) is 7.85. The van der Waals surface area contributed by atoms with E-state index >= 15 is 0 Å². The van der Waals surface area contributed by atoms with Gasteiger partial charge in [-0.3, -0.25) is 0 Å². The Morgan fingerprint density at radius 1 is 0.833 bits per heavy atom. The molecule has 3 heterocycles. The third kappa shape index (κ3) is 3.75. The van der Waals surface area contributed by atoms with E-state index < -0.39 is 0 Å². The Kier molecular flexibility index (Phi) is 5.26. The molecule has 0 radical (unpaired) electrons. The number of benzene rings is 3. The van der Waals surface area contributed by atoms with Crippen molar-refractivity contribution in [3.63, 3.8) is 0 Å². The number of aromatic nitrogens is 6. The highest BCUT2D eigenvalue weighted by molar-refractivity contribution is 5.85. The average Bonchev–Trinajstić information content (AvgIpc) is 3.62. The van der Waals surface area contributed by atoms with E-state index in [0.29, 0.717) is 17.9 Å². The number of imidazole rings is 1. The second-order valence-corrected chi connectivity index (χ2v) is 10.1. The first-order valence-electron chi connectivity index (χ1n) is 13.0. The molecule has 0 spiro atoms. The smallest absolute Gasteiger partial charge is 0.179 e. The summed E-state index contributed by atoms with van der Waals surface area (Å²) >= 11 is 0. The number of rotatable bonds is 4. The lowest BCUT2D eigenvalue weighted by Crippen LogP contribution is -2.18. The number of tetrazole rings is 1. The molecule has 0 bridgehead atoms. The van der Waals surface area contributed by atoms with Crippen LogP contribution in [0.2, 0.25) is 0 Å². The molecule has 0 saturated heterocycles. The Morgan fingerprint density at radius 2 is 1.69 bits per heavy atom. The van der Waals surface area contributed by atoms with Crippen LogP contribution in [0.25, 0.3) is 33.8 Å². The molecule has 2 N–H and O–H groups in total. The van der Waals surface area contributed by atoms with Crippen LogP contribution in [-0.2, 0) is 6.42 Å². The highest BCUT2D eigenvalue weighted by Crippen LogP contribution is 2.39. The van der Waals surface area contributed by atoms with E-state index in [0.717, 1.165) is 29.7 Å². The van der Waals surface area contributed by atoms with E-state index in [1.165, 1.54) is 60.0 Å². The Labute approximate surface area is 210 Å². The van der Waals surface area contributed by atoms with E-state index in [1.807, 2.05) is 0 Å². The maximum Gasteiger partial charge on any atom is 0.179 e. The van der Waals surface area contributed by atoms with Crippen molar-refractivity contribution in [3.8, 4) is 22.8 Å². The van der Waals surface area contributed by atoms with E-state index in [-0.39, 0.29) is 0 Å². The normalized spacial score (nSPS) is 18.2. The van der Waals surface area contributed by atoms with E-state index in [2.05, 4.69) is 97.2 Å². The van der Waals surface area contributed by atoms with Crippen LogP contribution < -0.4 is 5.32 Å². The average molecular weight is 476 g/mol. The number of nitrogens with zero attached hydrogens (tertiary/aromatic N) is 5. The Balaban J connectivity index is 1.29. The summed E-state index contributed by atoms with van der Waals surface area (Å²) < 4.78 is 2.50. The predicted molar refractivity (Wildman–Crippen MR) is 142 cm³/mol. The lowest BCUT2D eigenvalue weighted by molar-refractivity contribution is 0.362. The lowest BCUT2D eigenvalue weighted by atomic mass is 9.92. The van der Waals surface area contributed by atoms with Crippen LogP contribution >= 0.6 is 0 Å². The fraction of sp³-hybridized carbons (Fsp3) is 0.310. The first-order valence-corrected chi connectivity index (χ1v) is 13.0. The Hall–Kier alpha value is -4.00. The van der Waals surface area contributed by atoms with E-state index in [9.17, 15) is 0 Å². The minimum atomic E-state index is 0.361. The largest absolute Gasteiger partial charge is 0.378 e. The first kappa shape index (κ1) is 21.3. The quantitative estimate of drug-likeness (QED) is 0.310. The molecule has 1 atom stereocenters. The molecule has 1 saturated carbocycles. The van der Waals surface area contributed by atoms with Crippen molar-refractivity contribution in [2.45, 2.75) is 57.0 Å². The Bertz CT molecular complexity index is 1500. The predicted octanol–water partition coefficient (Wildman–Crippen LogP) is 6.49. The molecule has 2 aliphatic rings. The van der Waals surface area contributed by atoms with Crippen molar-refractivity contribution in [2.24, 2.45) is 0 Å². The zero-order valence-corrected chi connectivity index (χ0v) is 20.2. The molecule has 36 heavy (non-hydrogen) atoms. The SMILES string of the molecule is c1ccc(C2CCc3cc(-c4nc5cc(-c6nnn[nH]6)ccc5n4C4CCCCC4)ccc3N2)cc1. The van der Waals surface area contributed by atoms with Gasteiger partial charge in [0.2, 0.25) is 0 Å². The fourth-order valence-corrected chi connectivity index (χ4v) is 6.02. The summed E-state index contributed by atoms with van der Waals surface area (Å²) in [6, 6.07) is 24.8. The molecular formula is C29H29N7. The molecule has 180 valence electrons. The number of H-pyrrole nitrogens is 1. The van der Waals surface area contributed by atoms with E-state index in [4.69, 9.17) is 4.98 Å². The van der Waals surface area contributed by atoms with Crippen molar-refractivity contribution in [1.82, 2.24) is 30.2 Å². The minimum Gasteiger partial charge on any atom is -0.378 e. The van der Waals surface area contributed by atoms with Gasteiger partial charge in [0.25, 0.3) is 0 Å². The monoisotopic (exact) mass is 475 g/mol. The number of aryl methyl sites for hydroxylation is 1. The molecule has 1 fully saturated rings. The number of aromatic amines is 1. The molecule has 7 nitrogen and oxygen atoms in total. The summed E-state index contributed by atoms with van der Waals surface area (Å²) in [6.45, 7) is 0. The van der Waals surface area contributed by atoms with Gasteiger partial charge >= 0.3 is 0 Å². The molecule has 1 aliphatic heterocycles. The van der Waals surface area contributed by atoms with E-state index in [1.54, 1.807) is 0 Å². The number of nitrogens with one attached hydrogen (secondary N) is 2. The van der Waals surface area contributed by atoms with Gasteiger partial charge in [-0.2, -0.15) is 0 Å². The first-order chi connectivity index (χ1) is 17.8. The van der Waals surface area contributed by atoms with Gasteiger partial charge in [0.05, 0.1) is 17.1 Å². The van der Waals surface area contributed by atoms with Crippen LogP contribution in [0.3, 0.4) is 0 Å². The topological polar surface area (TPSA) is 84.3 Å². The van der Waals surface area contributed by atoms with Crippen molar-refractivity contribution in [2.75, 3.05) is 5.32 Å². The molecule has 7 rings (SSSR count). The van der Waals surface area contributed by atoms with Crippen LogP contribution in [0, 0.1) is 0 Å². The molecule has 0 amide bonds. The summed E-state index contributed by atoms with van der Waals surface area (Å²) in [6.07, 6.45) is 8.44. The number of hydrogen-bond acceptors (Lipinski definition) is 5. The van der Waals surface area contributed by atoms with Crippen LogP contribution in [0.5, 0.6) is 0 Å². The van der Waals surface area contributed by atoms with Gasteiger partial charge in [-0.25, -0.2) is 10.1 Å². The van der Waals surface area contributed by atoms with Crippen LogP contribution in [-0.4, -0.2) is 30.2 Å². The second kappa shape index (κ2) is 8.90. The highest BCUT2D eigenvalue weighted by atomic mass is 15.5. The molecule has 3 aromatic carbocycles. The van der Waals surface area contributed by atoms with Crippen LogP contribution in [0.15, 0.2) is 66.7 Å². The number of hydrogen-bond donors (Lipinski definition) is 2. The zero-order valence-electron chi connectivity index (χ0n) is 20.2. The summed E-state index contributed by atoms with van der Waals surface area (Å²) in [7, 11) is 0. The summed E-state index contributed by atoms with van der Waals surface area (Å²) in [5.41, 5.74) is 8.28. The maximum absolute atomic E-state index is 5.20. The van der Waals surface area contributed by atoms with Gasteiger partial charge in [0.1, 0.15) is 5.82 Å². The van der Waals surface area contributed by atoms with Crippen molar-refractivity contribution < 1.29 is 0 Å². The summed E-state index contributed by atoms with van der Waals surface area (Å²) in [4.78, 5) is 5.20. The fourth-order valence-electron chi connectivity index (χ4n) is 6.02. The minimum absolute atomic E-state index is 0.361. The van der Waals surface area contributed by atoms with Crippen molar-refractivity contribution in [1.29, 1.82) is 0 Å². The molecule has 1 aliphatic carbocycles. The number of fused-ring (bicyclic) bond motifs is 2. The van der Waals surface area contributed by atoms with Gasteiger partial charge in [0, 0.05) is 22.9 Å². The van der Waals surface area contributed by atoms with Gasteiger partial charge in [-0.1, -0.05) is 49.6 Å². The van der Waals surface area contributed by atoms with Gasteiger partial charge in [0.15, 0.2) is 5.82 Å². The standard InChI is InChI=1S/C29H29N7/c1-3-7-19(8-4-1)24-14-11-20-17-22(12-15-25(20)30-24)29-31-26-18-21(28-32-34-35-33-28)13-16-27(26)36(29)23-9-5-2-6-10-23/h1,3-4,7-8,12-13,15-18,23-24,30H,2,5-6,9-11,14H2,(H,32,33,34,35). The van der Waals surface area contributed by atoms with Crippen molar-refractivity contribution >= 4 is 16.7 Å². The summed E-state index contributed by atoms with van der Waals surface area (Å²) in [5.74, 6) is 1.73. The molecule has 2 aromatic heterocycles. The summed E-state index contributed by atoms with van der Waals surface area (Å²) in [5, 5.41) is 18.2. The Morgan fingerprint density at radius 3 is 2.53 bits per heavy atom. The third-order valence-electron chi connectivity index (χ3n) is 7.85. The molecule has 7 heteroatoms. The van der Waals surface area contributed by atoms with Crippen LogP contribution in [0.1, 0.15) is 61.7 Å². The van der Waals surface area contributed by atoms with Crippen molar-refractivity contribution in [3.05, 3.63) is 77.9 Å². The molecule has 1 unspecified atom stereocenters. The molecular weight excluding hydrogens is 446 g/mol. The van der Waals surface area contributed by atoms with Gasteiger partial charge in [-0.05, 0) is 83.6 Å².